The summed E-state index contributed by atoms with van der Waals surface area (Å²) in [5.41, 5.74) is 0. The number of nitrogens with zero attached hydrogens (tertiary/aromatic N) is 1. The lowest BCUT2D eigenvalue weighted by Gasteiger charge is -2.37. The molecule has 1 saturated carbocycles. The zero-order chi connectivity index (χ0) is 13.0. The summed E-state index contributed by atoms with van der Waals surface area (Å²) in [5.74, 6) is 1.67. The van der Waals surface area contributed by atoms with Crippen molar-refractivity contribution in [3.63, 3.8) is 0 Å². The van der Waals surface area contributed by atoms with Gasteiger partial charge in [0.25, 0.3) is 0 Å². The van der Waals surface area contributed by atoms with Gasteiger partial charge in [0.2, 0.25) is 0 Å². The molecule has 1 aromatic heterocycles. The molecule has 100 valence electrons. The van der Waals surface area contributed by atoms with E-state index in [4.69, 9.17) is 0 Å². The predicted molar refractivity (Wildman–Crippen MR) is 78.9 cm³/mol. The third-order valence-corrected chi connectivity index (χ3v) is 5.36. The molecule has 3 heteroatoms. The zero-order valence-corrected chi connectivity index (χ0v) is 12.4. The maximum absolute atomic E-state index is 4.45. The van der Waals surface area contributed by atoms with Crippen molar-refractivity contribution in [1.29, 1.82) is 0 Å². The maximum Gasteiger partial charge on any atom is 0.0963 e. The first-order valence-corrected chi connectivity index (χ1v) is 7.83. The Labute approximate surface area is 115 Å². The molecule has 0 spiro atoms. The van der Waals surface area contributed by atoms with Crippen LogP contribution in [0, 0.1) is 11.8 Å². The van der Waals surface area contributed by atoms with Crippen LogP contribution in [0.4, 0.5) is 0 Å². The molecule has 2 nitrogen and oxygen atoms in total. The van der Waals surface area contributed by atoms with Gasteiger partial charge < -0.3 is 5.32 Å². The summed E-state index contributed by atoms with van der Waals surface area (Å²) in [5, 5.41) is 5.30. The van der Waals surface area contributed by atoms with E-state index in [0.717, 1.165) is 16.9 Å². The first kappa shape index (κ1) is 13.9. The van der Waals surface area contributed by atoms with Crippen LogP contribution in [0.3, 0.4) is 0 Å². The normalized spacial score (nSPS) is 28.6. The Hall–Kier alpha value is -0.540. The number of rotatable bonds is 4. The van der Waals surface area contributed by atoms with Gasteiger partial charge in [-0.2, -0.15) is 0 Å². The van der Waals surface area contributed by atoms with Crippen LogP contribution >= 0.6 is 11.8 Å². The van der Waals surface area contributed by atoms with Crippen LogP contribution < -0.4 is 5.32 Å². The summed E-state index contributed by atoms with van der Waals surface area (Å²) in [7, 11) is 2.09. The highest BCUT2D eigenvalue weighted by molar-refractivity contribution is 7.99. The third kappa shape index (κ3) is 3.48. The molecule has 0 bridgehead atoms. The highest BCUT2D eigenvalue weighted by atomic mass is 32.2. The second-order valence-corrected chi connectivity index (χ2v) is 6.80. The van der Waals surface area contributed by atoms with Crippen molar-refractivity contribution in [2.75, 3.05) is 7.05 Å². The fourth-order valence-electron chi connectivity index (χ4n) is 2.80. The van der Waals surface area contributed by atoms with E-state index in [9.17, 15) is 0 Å². The molecule has 2 rings (SSSR count). The molecule has 1 aliphatic carbocycles. The summed E-state index contributed by atoms with van der Waals surface area (Å²) in [6.07, 6.45) is 5.86. The molecule has 0 aliphatic heterocycles. The van der Waals surface area contributed by atoms with Gasteiger partial charge in [0.15, 0.2) is 0 Å². The minimum Gasteiger partial charge on any atom is -0.316 e. The number of thioether (sulfide) groups is 1. The Morgan fingerprint density at radius 3 is 2.78 bits per heavy atom. The Morgan fingerprint density at radius 2 is 2.17 bits per heavy atom. The molecule has 0 saturated heterocycles. The fourth-order valence-corrected chi connectivity index (χ4v) is 4.17. The van der Waals surface area contributed by atoms with Gasteiger partial charge in [-0.3, -0.25) is 0 Å². The topological polar surface area (TPSA) is 24.9 Å². The van der Waals surface area contributed by atoms with E-state index in [-0.39, 0.29) is 0 Å². The van der Waals surface area contributed by atoms with Crippen molar-refractivity contribution in [3.05, 3.63) is 24.4 Å². The van der Waals surface area contributed by atoms with E-state index in [1.165, 1.54) is 19.3 Å². The first-order chi connectivity index (χ1) is 8.70. The summed E-state index contributed by atoms with van der Waals surface area (Å²) in [6.45, 7) is 4.71. The van der Waals surface area contributed by atoms with E-state index in [2.05, 4.69) is 43.3 Å². The summed E-state index contributed by atoms with van der Waals surface area (Å²) in [4.78, 5) is 4.45. The number of hydrogen-bond acceptors (Lipinski definition) is 3. The second kappa shape index (κ2) is 6.58. The number of hydrogen-bond donors (Lipinski definition) is 1. The van der Waals surface area contributed by atoms with Crippen molar-refractivity contribution >= 4 is 11.8 Å². The van der Waals surface area contributed by atoms with Gasteiger partial charge in [0.1, 0.15) is 0 Å². The summed E-state index contributed by atoms with van der Waals surface area (Å²) < 4.78 is 0. The molecular weight excluding hydrogens is 240 g/mol. The minimum atomic E-state index is 0.631. The van der Waals surface area contributed by atoms with Crippen molar-refractivity contribution in [2.45, 2.75) is 49.4 Å². The van der Waals surface area contributed by atoms with E-state index in [1.54, 1.807) is 0 Å². The smallest absolute Gasteiger partial charge is 0.0963 e. The molecule has 1 N–H and O–H groups in total. The third-order valence-electron chi connectivity index (χ3n) is 4.06. The quantitative estimate of drug-likeness (QED) is 0.899. The average Bonchev–Trinajstić information content (AvgIpc) is 2.39. The number of nitrogens with one attached hydrogen (secondary N) is 1. The highest BCUT2D eigenvalue weighted by Gasteiger charge is 2.31. The minimum absolute atomic E-state index is 0.631. The van der Waals surface area contributed by atoms with Gasteiger partial charge >= 0.3 is 0 Å². The van der Waals surface area contributed by atoms with Crippen LogP contribution in [0.1, 0.15) is 33.1 Å². The van der Waals surface area contributed by atoms with Gasteiger partial charge in [-0.25, -0.2) is 4.98 Å². The van der Waals surface area contributed by atoms with Crippen LogP contribution in [0.2, 0.25) is 0 Å². The molecule has 0 amide bonds. The van der Waals surface area contributed by atoms with Crippen LogP contribution in [-0.4, -0.2) is 23.3 Å². The molecular formula is C15H24N2S. The number of pyridine rings is 1. The van der Waals surface area contributed by atoms with Crippen molar-refractivity contribution in [2.24, 2.45) is 11.8 Å². The molecule has 1 heterocycles. The van der Waals surface area contributed by atoms with Crippen LogP contribution in [0.25, 0.3) is 0 Å². The van der Waals surface area contributed by atoms with E-state index < -0.39 is 0 Å². The van der Waals surface area contributed by atoms with Crippen LogP contribution in [0.5, 0.6) is 0 Å². The molecule has 18 heavy (non-hydrogen) atoms. The molecule has 3 unspecified atom stereocenters. The van der Waals surface area contributed by atoms with Crippen LogP contribution in [0.15, 0.2) is 29.4 Å². The summed E-state index contributed by atoms with van der Waals surface area (Å²) >= 11 is 1.94. The lowest BCUT2D eigenvalue weighted by Crippen LogP contribution is -2.41. The standard InChI is InChI=1S/C15H24N2S/c1-11(2)12-7-8-13(16-3)14(10-12)18-15-6-4-5-9-17-15/h4-6,9,11-14,16H,7-8,10H2,1-3H3. The summed E-state index contributed by atoms with van der Waals surface area (Å²) in [6, 6.07) is 6.81. The molecule has 1 aliphatic rings. The fraction of sp³-hybridized carbons (Fsp3) is 0.667. The van der Waals surface area contributed by atoms with Gasteiger partial charge in [0, 0.05) is 17.5 Å². The van der Waals surface area contributed by atoms with Crippen LogP contribution in [-0.2, 0) is 0 Å². The monoisotopic (exact) mass is 264 g/mol. The predicted octanol–water partition coefficient (Wildman–Crippen LogP) is 3.59. The zero-order valence-electron chi connectivity index (χ0n) is 11.6. The van der Waals surface area contributed by atoms with E-state index in [1.807, 2.05) is 24.0 Å². The Morgan fingerprint density at radius 1 is 1.33 bits per heavy atom. The maximum atomic E-state index is 4.45. The Kier molecular flexibility index (Phi) is 5.07. The second-order valence-electron chi connectivity index (χ2n) is 5.54. The molecule has 0 radical (unpaired) electrons. The largest absolute Gasteiger partial charge is 0.316 e. The molecule has 0 aromatic carbocycles. The Balaban J connectivity index is 2.02. The lowest BCUT2D eigenvalue weighted by molar-refractivity contribution is 0.251. The molecule has 1 aromatic rings. The highest BCUT2D eigenvalue weighted by Crippen LogP contribution is 2.38. The van der Waals surface area contributed by atoms with Crippen molar-refractivity contribution < 1.29 is 0 Å². The van der Waals surface area contributed by atoms with Crippen molar-refractivity contribution in [1.82, 2.24) is 10.3 Å². The number of aromatic nitrogens is 1. The Bertz CT molecular complexity index is 353. The van der Waals surface area contributed by atoms with Gasteiger partial charge in [0.05, 0.1) is 5.03 Å². The van der Waals surface area contributed by atoms with Gasteiger partial charge in [-0.05, 0) is 50.3 Å². The lowest BCUT2D eigenvalue weighted by atomic mass is 9.79. The molecule has 3 atom stereocenters. The first-order valence-electron chi connectivity index (χ1n) is 6.95. The van der Waals surface area contributed by atoms with Crippen molar-refractivity contribution in [3.8, 4) is 0 Å². The average molecular weight is 264 g/mol. The SMILES string of the molecule is CNC1CCC(C(C)C)CC1Sc1ccccn1. The van der Waals surface area contributed by atoms with E-state index >= 15 is 0 Å². The van der Waals surface area contributed by atoms with Gasteiger partial charge in [-0.1, -0.05) is 19.9 Å². The van der Waals surface area contributed by atoms with Gasteiger partial charge in [-0.15, -0.1) is 11.8 Å². The molecule has 1 fully saturated rings. The van der Waals surface area contributed by atoms with E-state index in [0.29, 0.717) is 11.3 Å².